The van der Waals surface area contributed by atoms with Gasteiger partial charge in [-0.1, -0.05) is 0 Å². The van der Waals surface area contributed by atoms with E-state index in [-0.39, 0.29) is 0 Å². The van der Waals surface area contributed by atoms with Gasteiger partial charge in [0.15, 0.2) is 44.6 Å². The standard InChI is InChI=1S/C12H6F4O3S/c13-7-1-5(2-8(14)11(7)17)20(19)6-3-9(15)12(18)10(16)4-6/h1-4,17-18H. The van der Waals surface area contributed by atoms with E-state index in [0.717, 1.165) is 0 Å². The van der Waals surface area contributed by atoms with Gasteiger partial charge in [0.1, 0.15) is 0 Å². The van der Waals surface area contributed by atoms with Crippen LogP contribution in [0.4, 0.5) is 17.6 Å². The molecular formula is C12H6F4O3S. The van der Waals surface area contributed by atoms with Gasteiger partial charge in [-0.2, -0.15) is 0 Å². The molecule has 106 valence electrons. The van der Waals surface area contributed by atoms with Crippen LogP contribution in [0.3, 0.4) is 0 Å². The van der Waals surface area contributed by atoms with Crippen molar-refractivity contribution in [3.63, 3.8) is 0 Å². The normalized spacial score (nSPS) is 11.1. The summed E-state index contributed by atoms with van der Waals surface area (Å²) in [6.07, 6.45) is 0. The molecule has 0 amide bonds. The minimum absolute atomic E-state index is 0.428. The van der Waals surface area contributed by atoms with E-state index in [4.69, 9.17) is 10.2 Å². The molecule has 3 nitrogen and oxygen atoms in total. The molecule has 2 aromatic carbocycles. The molecule has 0 aliphatic heterocycles. The Bertz CT molecular complexity index is 574. The second-order valence-corrected chi connectivity index (χ2v) is 5.22. The zero-order valence-electron chi connectivity index (χ0n) is 9.53. The average molecular weight is 306 g/mol. The zero-order valence-corrected chi connectivity index (χ0v) is 10.3. The molecule has 2 N–H and O–H groups in total. The van der Waals surface area contributed by atoms with Crippen molar-refractivity contribution < 1.29 is 32.3 Å². The van der Waals surface area contributed by atoms with Crippen LogP contribution in [0.1, 0.15) is 0 Å². The summed E-state index contributed by atoms with van der Waals surface area (Å²) >= 11 is -2.29. The van der Waals surface area contributed by atoms with E-state index < -0.39 is 55.7 Å². The first-order chi connectivity index (χ1) is 9.31. The first-order valence-electron chi connectivity index (χ1n) is 5.09. The second-order valence-electron chi connectivity index (χ2n) is 3.74. The summed E-state index contributed by atoms with van der Waals surface area (Å²) in [6, 6.07) is 2.32. The van der Waals surface area contributed by atoms with Crippen LogP contribution in [-0.4, -0.2) is 14.8 Å². The lowest BCUT2D eigenvalue weighted by molar-refractivity contribution is 0.393. The molecule has 20 heavy (non-hydrogen) atoms. The number of hydrogen-bond acceptors (Lipinski definition) is 3. The predicted octanol–water partition coefficient (Wildman–Crippen LogP) is 2.82. The molecule has 0 aliphatic rings. The van der Waals surface area contributed by atoms with Gasteiger partial charge in [-0.15, -0.1) is 0 Å². The summed E-state index contributed by atoms with van der Waals surface area (Å²) in [5.41, 5.74) is 0. The van der Waals surface area contributed by atoms with Gasteiger partial charge in [0.05, 0.1) is 0 Å². The molecule has 0 radical (unpaired) electrons. The molecule has 0 unspecified atom stereocenters. The molecular weight excluding hydrogens is 300 g/mol. The Hall–Kier alpha value is -1.93. The fourth-order valence-corrected chi connectivity index (χ4v) is 2.55. The molecule has 0 aliphatic carbocycles. The van der Waals surface area contributed by atoms with Crippen LogP contribution in [-0.2, 0) is 11.2 Å². The minimum Gasteiger partial charge on any atom is -0.606 e. The fraction of sp³-hybridized carbons (Fsp3) is 0. The highest BCUT2D eigenvalue weighted by Crippen LogP contribution is 2.30. The highest BCUT2D eigenvalue weighted by Gasteiger charge is 2.23. The molecule has 2 rings (SSSR count). The van der Waals surface area contributed by atoms with Crippen LogP contribution in [0.15, 0.2) is 34.1 Å². The van der Waals surface area contributed by atoms with Crippen molar-refractivity contribution >= 4 is 11.2 Å². The Morgan fingerprint density at radius 1 is 0.700 bits per heavy atom. The Balaban J connectivity index is 2.49. The Kier molecular flexibility index (Phi) is 3.78. The summed E-state index contributed by atoms with van der Waals surface area (Å²) in [5.74, 6) is -7.90. The van der Waals surface area contributed by atoms with Crippen LogP contribution < -0.4 is 0 Å². The van der Waals surface area contributed by atoms with E-state index >= 15 is 0 Å². The van der Waals surface area contributed by atoms with Crippen LogP contribution in [0.2, 0.25) is 0 Å². The van der Waals surface area contributed by atoms with Crippen molar-refractivity contribution in [3.05, 3.63) is 47.5 Å². The van der Waals surface area contributed by atoms with Crippen molar-refractivity contribution in [2.45, 2.75) is 9.79 Å². The first kappa shape index (κ1) is 14.5. The van der Waals surface area contributed by atoms with Crippen molar-refractivity contribution in [2.75, 3.05) is 0 Å². The Morgan fingerprint density at radius 2 is 0.950 bits per heavy atom. The van der Waals surface area contributed by atoms with Crippen LogP contribution in [0.5, 0.6) is 11.5 Å². The van der Waals surface area contributed by atoms with E-state index in [1.807, 2.05) is 0 Å². The van der Waals surface area contributed by atoms with Gasteiger partial charge in [-0.05, 0) is 0 Å². The topological polar surface area (TPSA) is 63.5 Å². The molecule has 0 spiro atoms. The number of hydrogen-bond donors (Lipinski definition) is 2. The van der Waals surface area contributed by atoms with Crippen LogP contribution >= 0.6 is 0 Å². The lowest BCUT2D eigenvalue weighted by Gasteiger charge is -2.11. The van der Waals surface area contributed by atoms with Crippen molar-refractivity contribution in [1.82, 2.24) is 0 Å². The van der Waals surface area contributed by atoms with Crippen LogP contribution in [0, 0.1) is 23.3 Å². The van der Waals surface area contributed by atoms with E-state index in [1.165, 1.54) is 0 Å². The van der Waals surface area contributed by atoms with E-state index in [0.29, 0.717) is 24.3 Å². The van der Waals surface area contributed by atoms with Gasteiger partial charge in [0.2, 0.25) is 0 Å². The summed E-state index contributed by atoms with van der Waals surface area (Å²) in [7, 11) is 0. The first-order valence-corrected chi connectivity index (χ1v) is 6.24. The Labute approximate surface area is 113 Å². The number of phenols is 2. The van der Waals surface area contributed by atoms with Crippen molar-refractivity contribution in [3.8, 4) is 11.5 Å². The van der Waals surface area contributed by atoms with Gasteiger partial charge in [0.25, 0.3) is 0 Å². The van der Waals surface area contributed by atoms with E-state index in [9.17, 15) is 22.1 Å². The number of halogens is 4. The summed E-state index contributed by atoms with van der Waals surface area (Å²) in [4.78, 5) is -0.857. The molecule has 0 fully saturated rings. The lowest BCUT2D eigenvalue weighted by Crippen LogP contribution is -2.05. The summed E-state index contributed by atoms with van der Waals surface area (Å²) < 4.78 is 64.5. The quantitative estimate of drug-likeness (QED) is 0.662. The third-order valence-corrected chi connectivity index (χ3v) is 3.74. The molecule has 0 bridgehead atoms. The average Bonchev–Trinajstić information content (AvgIpc) is 2.40. The fourth-order valence-electron chi connectivity index (χ4n) is 1.43. The Morgan fingerprint density at radius 3 is 1.20 bits per heavy atom. The largest absolute Gasteiger partial charge is 0.606 e. The molecule has 8 heteroatoms. The third kappa shape index (κ3) is 2.52. The SMILES string of the molecule is [O-][S+](c1cc(F)c(O)c(F)c1)c1cc(F)c(O)c(F)c1. The van der Waals surface area contributed by atoms with Gasteiger partial charge in [-0.25, -0.2) is 17.6 Å². The molecule has 0 saturated carbocycles. The number of rotatable bonds is 2. The maximum absolute atomic E-state index is 13.1. The van der Waals surface area contributed by atoms with Gasteiger partial charge in [-0.3, -0.25) is 0 Å². The maximum atomic E-state index is 13.1. The molecule has 0 saturated heterocycles. The van der Waals surface area contributed by atoms with Crippen molar-refractivity contribution in [2.24, 2.45) is 0 Å². The van der Waals surface area contributed by atoms with E-state index in [1.54, 1.807) is 0 Å². The number of phenolic OH excluding ortho intramolecular Hbond substituents is 2. The van der Waals surface area contributed by atoms with Gasteiger partial charge >= 0.3 is 0 Å². The van der Waals surface area contributed by atoms with E-state index in [2.05, 4.69) is 0 Å². The number of aromatic hydroxyl groups is 2. The zero-order chi connectivity index (χ0) is 15.0. The molecule has 0 heterocycles. The molecule has 0 aromatic heterocycles. The van der Waals surface area contributed by atoms with Crippen LogP contribution in [0.25, 0.3) is 0 Å². The highest BCUT2D eigenvalue weighted by atomic mass is 32.2. The molecule has 2 aromatic rings. The third-order valence-electron chi connectivity index (χ3n) is 2.41. The summed E-state index contributed by atoms with van der Waals surface area (Å²) in [5, 5.41) is 17.8. The van der Waals surface area contributed by atoms with Gasteiger partial charge in [0, 0.05) is 35.4 Å². The smallest absolute Gasteiger partial charge is 0.188 e. The van der Waals surface area contributed by atoms with Crippen molar-refractivity contribution in [1.29, 1.82) is 0 Å². The van der Waals surface area contributed by atoms with Gasteiger partial charge < -0.3 is 14.8 Å². The maximum Gasteiger partial charge on any atom is 0.188 e. The molecule has 0 atom stereocenters. The summed E-state index contributed by atoms with van der Waals surface area (Å²) in [6.45, 7) is 0. The highest BCUT2D eigenvalue weighted by molar-refractivity contribution is 7.91. The predicted molar refractivity (Wildman–Crippen MR) is 60.7 cm³/mol. The minimum atomic E-state index is -2.29. The number of benzene rings is 2. The monoisotopic (exact) mass is 306 g/mol. The second kappa shape index (κ2) is 5.22. The lowest BCUT2D eigenvalue weighted by atomic mass is 10.3.